The van der Waals surface area contributed by atoms with Crippen molar-refractivity contribution in [2.75, 3.05) is 5.32 Å². The highest BCUT2D eigenvalue weighted by Gasteiger charge is 2.14. The smallest absolute Gasteiger partial charge is 0.310 e. The van der Waals surface area contributed by atoms with Gasteiger partial charge in [0.2, 0.25) is 6.19 Å². The standard InChI is InChI=1S/C19H20N4O/c20-13-22-19(24-18-4-2-1-3-5-18)23-17-11-8-14-6-9-16(21)10-7-15(14)12-17/h1-5,8,11-12,16H,6-7,9-10,21H2,(H,22,23)/t16-/m0/s1. The highest BCUT2D eigenvalue weighted by atomic mass is 16.5. The second-order valence-corrected chi connectivity index (χ2v) is 5.88. The molecule has 3 N–H and O–H groups in total. The van der Waals surface area contributed by atoms with Gasteiger partial charge in [0, 0.05) is 11.7 Å². The Morgan fingerprint density at radius 3 is 2.62 bits per heavy atom. The van der Waals surface area contributed by atoms with Crippen molar-refractivity contribution in [3.8, 4) is 11.9 Å². The summed E-state index contributed by atoms with van der Waals surface area (Å²) in [4.78, 5) is 3.73. The molecular weight excluding hydrogens is 300 g/mol. The minimum absolute atomic E-state index is 0.161. The van der Waals surface area contributed by atoms with E-state index in [0.717, 1.165) is 31.4 Å². The highest BCUT2D eigenvalue weighted by Crippen LogP contribution is 2.23. The molecule has 2 aromatic carbocycles. The summed E-state index contributed by atoms with van der Waals surface area (Å²) in [5.41, 5.74) is 9.56. The van der Waals surface area contributed by atoms with Crippen LogP contribution in [0.1, 0.15) is 24.0 Å². The van der Waals surface area contributed by atoms with Crippen LogP contribution in [-0.4, -0.2) is 12.1 Å². The Morgan fingerprint density at radius 2 is 1.88 bits per heavy atom. The van der Waals surface area contributed by atoms with E-state index >= 15 is 0 Å². The molecule has 5 heteroatoms. The van der Waals surface area contributed by atoms with E-state index in [4.69, 9.17) is 15.7 Å². The number of aryl methyl sites for hydroxylation is 2. The lowest BCUT2D eigenvalue weighted by Crippen LogP contribution is -2.19. The van der Waals surface area contributed by atoms with Crippen LogP contribution >= 0.6 is 0 Å². The zero-order valence-corrected chi connectivity index (χ0v) is 13.4. The number of hydrogen-bond acceptors (Lipinski definition) is 4. The van der Waals surface area contributed by atoms with Crippen LogP contribution in [0.4, 0.5) is 5.69 Å². The Bertz CT molecular complexity index is 765. The van der Waals surface area contributed by atoms with Crippen LogP contribution in [0.25, 0.3) is 0 Å². The fraction of sp³-hybridized carbons (Fsp3) is 0.263. The van der Waals surface area contributed by atoms with Gasteiger partial charge in [0.1, 0.15) is 5.75 Å². The number of fused-ring (bicyclic) bond motifs is 1. The quantitative estimate of drug-likeness (QED) is 0.385. The molecule has 0 aromatic heterocycles. The number of ether oxygens (including phenoxy) is 1. The van der Waals surface area contributed by atoms with Gasteiger partial charge in [-0.25, -0.2) is 0 Å². The SMILES string of the molecule is N#CN=C(Nc1ccc2c(c1)CC[C@@H](N)CC2)Oc1ccccc1. The van der Waals surface area contributed by atoms with Crippen LogP contribution in [0.3, 0.4) is 0 Å². The molecule has 0 amide bonds. The highest BCUT2D eigenvalue weighted by molar-refractivity contribution is 5.91. The average Bonchev–Trinajstić information content (AvgIpc) is 2.78. The topological polar surface area (TPSA) is 83.4 Å². The first-order chi connectivity index (χ1) is 11.7. The maximum Gasteiger partial charge on any atom is 0.310 e. The summed E-state index contributed by atoms with van der Waals surface area (Å²) in [5.74, 6) is 0.625. The largest absolute Gasteiger partial charge is 0.425 e. The summed E-state index contributed by atoms with van der Waals surface area (Å²) in [7, 11) is 0. The maximum absolute atomic E-state index is 8.88. The van der Waals surface area contributed by atoms with Crippen molar-refractivity contribution < 1.29 is 4.74 Å². The molecule has 0 heterocycles. The summed E-state index contributed by atoms with van der Waals surface area (Å²) in [6, 6.07) is 15.9. The second-order valence-electron chi connectivity index (χ2n) is 5.88. The third-order valence-electron chi connectivity index (χ3n) is 4.14. The number of rotatable bonds is 2. The number of aliphatic imine (C=N–C) groups is 1. The molecular formula is C19H20N4O. The lowest BCUT2D eigenvalue weighted by atomic mass is 10.0. The van der Waals surface area contributed by atoms with Crippen LogP contribution in [-0.2, 0) is 12.8 Å². The minimum atomic E-state index is 0.161. The van der Waals surface area contributed by atoms with Crippen LogP contribution < -0.4 is 15.8 Å². The zero-order valence-electron chi connectivity index (χ0n) is 13.4. The van der Waals surface area contributed by atoms with Crippen molar-refractivity contribution in [3.05, 3.63) is 59.7 Å². The molecule has 0 unspecified atom stereocenters. The van der Waals surface area contributed by atoms with E-state index in [1.165, 1.54) is 11.1 Å². The third kappa shape index (κ3) is 4.12. The second kappa shape index (κ2) is 7.62. The Hall–Kier alpha value is -2.84. The average molecular weight is 320 g/mol. The van der Waals surface area contributed by atoms with Gasteiger partial charge in [0.15, 0.2) is 0 Å². The molecule has 0 fully saturated rings. The number of nitrogens with one attached hydrogen (secondary N) is 1. The number of para-hydroxylation sites is 1. The molecule has 0 saturated heterocycles. The van der Waals surface area contributed by atoms with Crippen molar-refractivity contribution in [3.63, 3.8) is 0 Å². The van der Waals surface area contributed by atoms with E-state index in [0.29, 0.717) is 5.75 Å². The van der Waals surface area contributed by atoms with E-state index in [2.05, 4.69) is 22.4 Å². The molecule has 1 aliphatic carbocycles. The van der Waals surface area contributed by atoms with Crippen LogP contribution in [0, 0.1) is 11.5 Å². The molecule has 122 valence electrons. The summed E-state index contributed by atoms with van der Waals surface area (Å²) in [6.45, 7) is 0. The number of nitrogens with two attached hydrogens (primary N) is 1. The number of nitriles is 1. The molecule has 5 nitrogen and oxygen atoms in total. The fourth-order valence-corrected chi connectivity index (χ4v) is 2.85. The predicted molar refractivity (Wildman–Crippen MR) is 94.8 cm³/mol. The first-order valence-corrected chi connectivity index (χ1v) is 8.08. The van der Waals surface area contributed by atoms with Crippen molar-refractivity contribution in [2.45, 2.75) is 31.7 Å². The molecule has 2 aromatic rings. The van der Waals surface area contributed by atoms with E-state index in [-0.39, 0.29) is 12.1 Å². The molecule has 1 aliphatic rings. The molecule has 24 heavy (non-hydrogen) atoms. The van der Waals surface area contributed by atoms with Gasteiger partial charge in [0.25, 0.3) is 0 Å². The first-order valence-electron chi connectivity index (χ1n) is 8.08. The Morgan fingerprint density at radius 1 is 1.12 bits per heavy atom. The van der Waals surface area contributed by atoms with Crippen LogP contribution in [0.2, 0.25) is 0 Å². The first kappa shape index (κ1) is 16.0. The van der Waals surface area contributed by atoms with Gasteiger partial charge in [-0.2, -0.15) is 5.26 Å². The lowest BCUT2D eigenvalue weighted by Gasteiger charge is -2.12. The monoisotopic (exact) mass is 320 g/mol. The number of nitrogens with zero attached hydrogens (tertiary/aromatic N) is 2. The van der Waals surface area contributed by atoms with E-state index in [1.54, 1.807) is 6.19 Å². The Balaban J connectivity index is 1.76. The van der Waals surface area contributed by atoms with Gasteiger partial charge in [0.05, 0.1) is 0 Å². The Kier molecular flexibility index (Phi) is 5.09. The van der Waals surface area contributed by atoms with Crippen molar-refractivity contribution in [2.24, 2.45) is 10.7 Å². The zero-order chi connectivity index (χ0) is 16.8. The maximum atomic E-state index is 8.88. The van der Waals surface area contributed by atoms with Gasteiger partial charge in [-0.1, -0.05) is 24.3 Å². The van der Waals surface area contributed by atoms with E-state index in [1.807, 2.05) is 36.4 Å². The van der Waals surface area contributed by atoms with Crippen molar-refractivity contribution in [1.82, 2.24) is 0 Å². The summed E-state index contributed by atoms with van der Waals surface area (Å²) < 4.78 is 5.64. The Labute approximate surface area is 141 Å². The van der Waals surface area contributed by atoms with Crippen molar-refractivity contribution in [1.29, 1.82) is 5.26 Å². The van der Waals surface area contributed by atoms with Crippen molar-refractivity contribution >= 4 is 11.7 Å². The van der Waals surface area contributed by atoms with Crippen LogP contribution in [0.15, 0.2) is 53.5 Å². The molecule has 0 aliphatic heterocycles. The van der Waals surface area contributed by atoms with Gasteiger partial charge in [-0.15, -0.1) is 4.99 Å². The lowest BCUT2D eigenvalue weighted by molar-refractivity contribution is 0.549. The third-order valence-corrected chi connectivity index (χ3v) is 4.14. The van der Waals surface area contributed by atoms with Gasteiger partial charge in [-0.3, -0.25) is 0 Å². The van der Waals surface area contributed by atoms with Gasteiger partial charge in [-0.05, 0) is 61.1 Å². The predicted octanol–water partition coefficient (Wildman–Crippen LogP) is 3.22. The normalized spacial score (nSPS) is 17.3. The number of anilines is 1. The number of amidine groups is 1. The number of hydrogen-bond donors (Lipinski definition) is 2. The van der Waals surface area contributed by atoms with Crippen LogP contribution in [0.5, 0.6) is 5.75 Å². The van der Waals surface area contributed by atoms with Gasteiger partial charge >= 0.3 is 6.02 Å². The fourth-order valence-electron chi connectivity index (χ4n) is 2.85. The van der Waals surface area contributed by atoms with E-state index < -0.39 is 0 Å². The molecule has 0 saturated carbocycles. The summed E-state index contributed by atoms with van der Waals surface area (Å²) in [6.07, 6.45) is 5.77. The molecule has 1 atom stereocenters. The molecule has 0 bridgehead atoms. The van der Waals surface area contributed by atoms with Gasteiger partial charge < -0.3 is 15.8 Å². The molecule has 3 rings (SSSR count). The molecule has 0 radical (unpaired) electrons. The number of benzene rings is 2. The van der Waals surface area contributed by atoms with E-state index in [9.17, 15) is 0 Å². The minimum Gasteiger partial charge on any atom is -0.425 e. The molecule has 0 spiro atoms. The summed E-state index contributed by atoms with van der Waals surface area (Å²) in [5, 5.41) is 12.0. The summed E-state index contributed by atoms with van der Waals surface area (Å²) >= 11 is 0.